The summed E-state index contributed by atoms with van der Waals surface area (Å²) >= 11 is 0. The Bertz CT molecular complexity index is 650. The second-order valence-corrected chi connectivity index (χ2v) is 7.25. The molecular weight excluding hydrogens is 320 g/mol. The van der Waals surface area contributed by atoms with Gasteiger partial charge >= 0.3 is 0 Å². The van der Waals surface area contributed by atoms with Crippen molar-refractivity contribution in [2.24, 2.45) is 0 Å². The molecule has 2 fully saturated rings. The Morgan fingerprint density at radius 3 is 2.80 bits per heavy atom. The maximum Gasteiger partial charge on any atom is 0.231 e. The van der Waals surface area contributed by atoms with Gasteiger partial charge in [-0.25, -0.2) is 0 Å². The van der Waals surface area contributed by atoms with Crippen LogP contribution in [0.15, 0.2) is 18.2 Å². The van der Waals surface area contributed by atoms with E-state index >= 15 is 0 Å². The summed E-state index contributed by atoms with van der Waals surface area (Å²) in [5.41, 5.74) is 0.852. The first-order valence-electron chi connectivity index (χ1n) is 9.22. The summed E-state index contributed by atoms with van der Waals surface area (Å²) in [6.45, 7) is 4.35. The number of likely N-dealkylation sites (tertiary alicyclic amines) is 2. The van der Waals surface area contributed by atoms with Crippen molar-refractivity contribution < 1.29 is 19.4 Å². The molecule has 0 radical (unpaired) electrons. The summed E-state index contributed by atoms with van der Waals surface area (Å²) in [7, 11) is 0. The van der Waals surface area contributed by atoms with E-state index in [-0.39, 0.29) is 12.7 Å². The van der Waals surface area contributed by atoms with E-state index in [1.165, 1.54) is 0 Å². The van der Waals surface area contributed by atoms with E-state index in [1.807, 2.05) is 23.1 Å². The van der Waals surface area contributed by atoms with Gasteiger partial charge < -0.3 is 19.5 Å². The SMILES string of the molecule is CC(=O)N1CCC[C@@H]1[C@@H]1CCCN1C[C@@H](O)c1ccc2c(c1)OCO2. The Balaban J connectivity index is 1.45. The number of benzene rings is 1. The number of hydrogen-bond acceptors (Lipinski definition) is 5. The highest BCUT2D eigenvalue weighted by Gasteiger charge is 2.39. The molecule has 25 heavy (non-hydrogen) atoms. The van der Waals surface area contributed by atoms with Gasteiger partial charge in [0.05, 0.1) is 6.10 Å². The number of aliphatic hydroxyl groups excluding tert-OH is 1. The molecule has 6 nitrogen and oxygen atoms in total. The molecule has 1 aromatic carbocycles. The van der Waals surface area contributed by atoms with Crippen LogP contribution in [0.2, 0.25) is 0 Å². The first-order chi connectivity index (χ1) is 12.1. The molecule has 0 aliphatic carbocycles. The molecule has 0 saturated carbocycles. The van der Waals surface area contributed by atoms with Gasteiger partial charge in [-0.1, -0.05) is 6.07 Å². The number of carbonyl (C=O) groups is 1. The van der Waals surface area contributed by atoms with Crippen molar-refractivity contribution in [1.82, 2.24) is 9.80 Å². The molecule has 136 valence electrons. The third-order valence-electron chi connectivity index (χ3n) is 5.75. The summed E-state index contributed by atoms with van der Waals surface area (Å²) < 4.78 is 10.7. The van der Waals surface area contributed by atoms with Crippen molar-refractivity contribution in [3.63, 3.8) is 0 Å². The number of hydrogen-bond donors (Lipinski definition) is 1. The van der Waals surface area contributed by atoms with Crippen molar-refractivity contribution in [1.29, 1.82) is 0 Å². The number of amides is 1. The zero-order valence-corrected chi connectivity index (χ0v) is 14.7. The maximum atomic E-state index is 11.9. The standard InChI is InChI=1S/C19H26N2O4/c1-13(22)21-9-3-5-16(21)15-4-2-8-20(15)11-17(23)14-6-7-18-19(10-14)25-12-24-18/h6-7,10,15-17,23H,2-5,8-9,11-12H2,1H3/t15-,16+,17+/m0/s1. The van der Waals surface area contributed by atoms with Crippen molar-refractivity contribution in [3.05, 3.63) is 23.8 Å². The Morgan fingerprint density at radius 1 is 1.20 bits per heavy atom. The lowest BCUT2D eigenvalue weighted by Crippen LogP contribution is -2.48. The zero-order chi connectivity index (χ0) is 17.4. The van der Waals surface area contributed by atoms with E-state index in [0.717, 1.165) is 50.1 Å². The topological polar surface area (TPSA) is 62.2 Å². The number of ether oxygens (including phenoxy) is 2. The van der Waals surface area contributed by atoms with Crippen LogP contribution in [0.1, 0.15) is 44.3 Å². The number of rotatable bonds is 4. The van der Waals surface area contributed by atoms with Gasteiger partial charge in [-0.05, 0) is 49.9 Å². The highest BCUT2D eigenvalue weighted by molar-refractivity contribution is 5.74. The average molecular weight is 346 g/mol. The fourth-order valence-electron chi connectivity index (χ4n) is 4.55. The molecule has 2 saturated heterocycles. The summed E-state index contributed by atoms with van der Waals surface area (Å²) in [5.74, 6) is 1.61. The van der Waals surface area contributed by atoms with Crippen LogP contribution in [-0.2, 0) is 4.79 Å². The molecule has 3 heterocycles. The zero-order valence-electron chi connectivity index (χ0n) is 14.7. The average Bonchev–Trinajstić information content (AvgIpc) is 3.33. The molecule has 3 aliphatic rings. The molecule has 1 amide bonds. The fraction of sp³-hybridized carbons (Fsp3) is 0.632. The minimum absolute atomic E-state index is 0.172. The first kappa shape index (κ1) is 16.7. The van der Waals surface area contributed by atoms with E-state index in [9.17, 15) is 9.90 Å². The third kappa shape index (κ3) is 3.20. The van der Waals surface area contributed by atoms with Crippen LogP contribution in [0.3, 0.4) is 0 Å². The van der Waals surface area contributed by atoms with Crippen LogP contribution in [0, 0.1) is 0 Å². The molecule has 3 atom stereocenters. The molecule has 4 rings (SSSR count). The molecule has 1 N–H and O–H groups in total. The van der Waals surface area contributed by atoms with Crippen molar-refractivity contribution in [2.75, 3.05) is 26.4 Å². The quantitative estimate of drug-likeness (QED) is 0.903. The van der Waals surface area contributed by atoms with E-state index < -0.39 is 6.10 Å². The normalized spacial score (nSPS) is 27.0. The monoisotopic (exact) mass is 346 g/mol. The number of β-amino-alcohol motifs (C(OH)–C–C–N with tert-alkyl or cyclic N) is 1. The molecule has 0 unspecified atom stereocenters. The molecular formula is C19H26N2O4. The van der Waals surface area contributed by atoms with Gasteiger partial charge in [-0.3, -0.25) is 9.69 Å². The van der Waals surface area contributed by atoms with Crippen LogP contribution in [0.4, 0.5) is 0 Å². The molecule has 0 bridgehead atoms. The fourth-order valence-corrected chi connectivity index (χ4v) is 4.55. The van der Waals surface area contributed by atoms with Gasteiger partial charge in [0.25, 0.3) is 0 Å². The van der Waals surface area contributed by atoms with Crippen LogP contribution in [0.25, 0.3) is 0 Å². The van der Waals surface area contributed by atoms with Crippen molar-refractivity contribution in [3.8, 4) is 11.5 Å². The van der Waals surface area contributed by atoms with Gasteiger partial charge in [-0.15, -0.1) is 0 Å². The molecule has 6 heteroatoms. The smallest absolute Gasteiger partial charge is 0.231 e. The van der Waals surface area contributed by atoms with Crippen molar-refractivity contribution >= 4 is 5.91 Å². The highest BCUT2D eigenvalue weighted by atomic mass is 16.7. The van der Waals surface area contributed by atoms with Gasteiger partial charge in [0, 0.05) is 32.1 Å². The minimum atomic E-state index is -0.567. The van der Waals surface area contributed by atoms with Gasteiger partial charge in [0.15, 0.2) is 11.5 Å². The Labute approximate surface area is 148 Å². The summed E-state index contributed by atoms with van der Waals surface area (Å²) in [6, 6.07) is 6.28. The highest BCUT2D eigenvalue weighted by Crippen LogP contribution is 2.35. The first-order valence-corrected chi connectivity index (χ1v) is 9.22. The van der Waals surface area contributed by atoms with Crippen LogP contribution < -0.4 is 9.47 Å². The van der Waals surface area contributed by atoms with E-state index in [1.54, 1.807) is 6.92 Å². The minimum Gasteiger partial charge on any atom is -0.454 e. The second-order valence-electron chi connectivity index (χ2n) is 7.25. The second kappa shape index (κ2) is 6.84. The number of fused-ring (bicyclic) bond motifs is 1. The molecule has 3 aliphatic heterocycles. The molecule has 0 spiro atoms. The van der Waals surface area contributed by atoms with Crippen LogP contribution in [0.5, 0.6) is 11.5 Å². The summed E-state index contributed by atoms with van der Waals surface area (Å²) in [5, 5.41) is 10.7. The molecule has 0 aromatic heterocycles. The van der Waals surface area contributed by atoms with E-state index in [0.29, 0.717) is 24.4 Å². The van der Waals surface area contributed by atoms with Gasteiger partial charge in [-0.2, -0.15) is 0 Å². The number of nitrogens with zero attached hydrogens (tertiary/aromatic N) is 2. The number of carbonyl (C=O) groups excluding carboxylic acids is 1. The van der Waals surface area contributed by atoms with Gasteiger partial charge in [0.1, 0.15) is 0 Å². The largest absolute Gasteiger partial charge is 0.454 e. The lowest BCUT2D eigenvalue weighted by atomic mass is 10.0. The van der Waals surface area contributed by atoms with Gasteiger partial charge in [0.2, 0.25) is 12.7 Å². The predicted molar refractivity (Wildman–Crippen MR) is 92.5 cm³/mol. The number of aliphatic hydroxyl groups is 1. The van der Waals surface area contributed by atoms with E-state index in [4.69, 9.17) is 9.47 Å². The molecule has 1 aromatic rings. The Morgan fingerprint density at radius 2 is 1.96 bits per heavy atom. The van der Waals surface area contributed by atoms with Crippen LogP contribution >= 0.6 is 0 Å². The van der Waals surface area contributed by atoms with E-state index in [2.05, 4.69) is 4.90 Å². The Hall–Kier alpha value is -1.79. The summed E-state index contributed by atoms with van der Waals surface area (Å²) in [4.78, 5) is 16.3. The predicted octanol–water partition coefficient (Wildman–Crippen LogP) is 1.92. The Kier molecular flexibility index (Phi) is 4.56. The third-order valence-corrected chi connectivity index (χ3v) is 5.75. The maximum absolute atomic E-state index is 11.9. The lowest BCUT2D eigenvalue weighted by molar-refractivity contribution is -0.130. The van der Waals surface area contributed by atoms with Crippen LogP contribution in [-0.4, -0.2) is 59.3 Å². The van der Waals surface area contributed by atoms with Crippen molar-refractivity contribution in [2.45, 2.75) is 50.8 Å². The lowest BCUT2D eigenvalue weighted by Gasteiger charge is -2.35. The summed E-state index contributed by atoms with van der Waals surface area (Å²) in [6.07, 6.45) is 3.81.